The number of pyridine rings is 1. The summed E-state index contributed by atoms with van der Waals surface area (Å²) in [6, 6.07) is 16.0. The summed E-state index contributed by atoms with van der Waals surface area (Å²) in [6.07, 6.45) is 1.77. The fourth-order valence-electron chi connectivity index (χ4n) is 2.33. The SMILES string of the molecule is CN(C)c1cccc(Nc2nccc3c(N)cccc23)c1. The molecule has 1 heterocycles. The van der Waals surface area contributed by atoms with Crippen LogP contribution >= 0.6 is 0 Å². The van der Waals surface area contributed by atoms with Gasteiger partial charge < -0.3 is 16.0 Å². The average molecular weight is 278 g/mol. The minimum atomic E-state index is 0.764. The van der Waals surface area contributed by atoms with E-state index in [0.717, 1.165) is 33.7 Å². The van der Waals surface area contributed by atoms with Crippen LogP contribution in [0.15, 0.2) is 54.7 Å². The number of nitrogens with zero attached hydrogens (tertiary/aromatic N) is 2. The molecule has 0 amide bonds. The highest BCUT2D eigenvalue weighted by Crippen LogP contribution is 2.28. The van der Waals surface area contributed by atoms with Crippen molar-refractivity contribution in [3.05, 3.63) is 54.7 Å². The minimum absolute atomic E-state index is 0.764. The molecule has 21 heavy (non-hydrogen) atoms. The molecular weight excluding hydrogens is 260 g/mol. The lowest BCUT2D eigenvalue weighted by molar-refractivity contribution is 1.13. The number of nitrogens with one attached hydrogen (secondary N) is 1. The number of nitrogen functional groups attached to an aromatic ring is 1. The van der Waals surface area contributed by atoms with E-state index in [1.807, 2.05) is 50.5 Å². The van der Waals surface area contributed by atoms with Crippen molar-refractivity contribution >= 4 is 33.7 Å². The molecule has 3 N–H and O–H groups in total. The van der Waals surface area contributed by atoms with Gasteiger partial charge in [0.25, 0.3) is 0 Å². The maximum absolute atomic E-state index is 6.02. The number of nitrogens with two attached hydrogens (primary N) is 1. The Morgan fingerprint density at radius 2 is 1.81 bits per heavy atom. The molecule has 0 fully saturated rings. The fraction of sp³-hybridized carbons (Fsp3) is 0.118. The van der Waals surface area contributed by atoms with Crippen molar-refractivity contribution in [1.29, 1.82) is 0 Å². The number of benzene rings is 2. The van der Waals surface area contributed by atoms with Crippen LogP contribution in [0.2, 0.25) is 0 Å². The molecule has 0 unspecified atom stereocenters. The molecule has 4 heteroatoms. The molecule has 106 valence electrons. The van der Waals surface area contributed by atoms with Gasteiger partial charge in [-0.15, -0.1) is 0 Å². The molecule has 3 rings (SSSR count). The van der Waals surface area contributed by atoms with Crippen molar-refractivity contribution in [1.82, 2.24) is 4.98 Å². The summed E-state index contributed by atoms with van der Waals surface area (Å²) >= 11 is 0. The molecule has 0 aliphatic heterocycles. The predicted octanol–water partition coefficient (Wildman–Crippen LogP) is 3.63. The van der Waals surface area contributed by atoms with Crippen molar-refractivity contribution in [2.45, 2.75) is 0 Å². The van der Waals surface area contributed by atoms with Gasteiger partial charge in [-0.3, -0.25) is 0 Å². The summed E-state index contributed by atoms with van der Waals surface area (Å²) in [5.41, 5.74) is 8.93. The number of fused-ring (bicyclic) bond motifs is 1. The smallest absolute Gasteiger partial charge is 0.138 e. The molecule has 0 aliphatic carbocycles. The van der Waals surface area contributed by atoms with E-state index in [4.69, 9.17) is 5.73 Å². The van der Waals surface area contributed by atoms with Gasteiger partial charge in [0.05, 0.1) is 0 Å². The number of anilines is 4. The first-order valence-electron chi connectivity index (χ1n) is 6.83. The molecule has 0 atom stereocenters. The Balaban J connectivity index is 2.02. The van der Waals surface area contributed by atoms with E-state index in [9.17, 15) is 0 Å². The quantitative estimate of drug-likeness (QED) is 0.718. The molecule has 0 radical (unpaired) electrons. The molecule has 0 spiro atoms. The Labute approximate surface area is 124 Å². The van der Waals surface area contributed by atoms with Crippen LogP contribution in [-0.2, 0) is 0 Å². The average Bonchev–Trinajstić information content (AvgIpc) is 2.49. The molecule has 3 aromatic rings. The summed E-state index contributed by atoms with van der Waals surface area (Å²) < 4.78 is 0. The molecule has 0 bridgehead atoms. The topological polar surface area (TPSA) is 54.2 Å². The van der Waals surface area contributed by atoms with E-state index in [-0.39, 0.29) is 0 Å². The van der Waals surface area contributed by atoms with E-state index >= 15 is 0 Å². The Bertz CT molecular complexity index is 781. The number of aromatic nitrogens is 1. The lowest BCUT2D eigenvalue weighted by Crippen LogP contribution is -2.08. The maximum atomic E-state index is 6.02. The van der Waals surface area contributed by atoms with Crippen LogP contribution in [0.5, 0.6) is 0 Å². The molecular formula is C17H18N4. The van der Waals surface area contributed by atoms with Crippen molar-refractivity contribution in [2.24, 2.45) is 0 Å². The van der Waals surface area contributed by atoms with Gasteiger partial charge in [-0.25, -0.2) is 4.98 Å². The van der Waals surface area contributed by atoms with Gasteiger partial charge in [0.1, 0.15) is 5.82 Å². The first kappa shape index (κ1) is 13.2. The Morgan fingerprint density at radius 3 is 2.62 bits per heavy atom. The fourth-order valence-corrected chi connectivity index (χ4v) is 2.33. The monoisotopic (exact) mass is 278 g/mol. The van der Waals surface area contributed by atoms with Gasteiger partial charge in [0.15, 0.2) is 0 Å². The first-order valence-corrected chi connectivity index (χ1v) is 6.83. The zero-order chi connectivity index (χ0) is 14.8. The van der Waals surface area contributed by atoms with Gasteiger partial charge in [-0.2, -0.15) is 0 Å². The van der Waals surface area contributed by atoms with E-state index in [2.05, 4.69) is 27.3 Å². The molecule has 4 nitrogen and oxygen atoms in total. The molecule has 0 saturated heterocycles. The van der Waals surface area contributed by atoms with Gasteiger partial charge in [-0.1, -0.05) is 18.2 Å². The summed E-state index contributed by atoms with van der Waals surface area (Å²) in [7, 11) is 4.05. The molecule has 0 aliphatic rings. The Kier molecular flexibility index (Phi) is 3.36. The zero-order valence-corrected chi connectivity index (χ0v) is 12.2. The van der Waals surface area contributed by atoms with Crippen LogP contribution in [-0.4, -0.2) is 19.1 Å². The second kappa shape index (κ2) is 5.32. The summed E-state index contributed by atoms with van der Waals surface area (Å²) in [5, 5.41) is 5.41. The molecule has 2 aromatic carbocycles. The van der Waals surface area contributed by atoms with Crippen molar-refractivity contribution in [3.8, 4) is 0 Å². The van der Waals surface area contributed by atoms with Gasteiger partial charge in [0.2, 0.25) is 0 Å². The predicted molar refractivity (Wildman–Crippen MR) is 90.2 cm³/mol. The van der Waals surface area contributed by atoms with Crippen molar-refractivity contribution in [2.75, 3.05) is 30.0 Å². The standard InChI is InChI=1S/C17H18N4/c1-21(2)13-6-3-5-12(11-13)20-17-15-7-4-8-16(18)14(15)9-10-19-17/h3-11H,18H2,1-2H3,(H,19,20). The zero-order valence-electron chi connectivity index (χ0n) is 12.2. The third kappa shape index (κ3) is 2.60. The first-order chi connectivity index (χ1) is 10.1. The van der Waals surface area contributed by atoms with E-state index in [1.165, 1.54) is 0 Å². The highest BCUT2D eigenvalue weighted by atomic mass is 15.1. The van der Waals surface area contributed by atoms with Crippen molar-refractivity contribution < 1.29 is 0 Å². The lowest BCUT2D eigenvalue weighted by Gasteiger charge is -2.15. The third-order valence-corrected chi connectivity index (χ3v) is 3.47. The highest BCUT2D eigenvalue weighted by Gasteiger charge is 2.05. The van der Waals surface area contributed by atoms with Crippen LogP contribution < -0.4 is 16.0 Å². The van der Waals surface area contributed by atoms with Gasteiger partial charge >= 0.3 is 0 Å². The minimum Gasteiger partial charge on any atom is -0.398 e. The molecule has 1 aromatic heterocycles. The van der Waals surface area contributed by atoms with E-state index in [1.54, 1.807) is 6.20 Å². The van der Waals surface area contributed by atoms with Crippen molar-refractivity contribution in [3.63, 3.8) is 0 Å². The number of rotatable bonds is 3. The van der Waals surface area contributed by atoms with E-state index in [0.29, 0.717) is 0 Å². The summed E-state index contributed by atoms with van der Waals surface area (Å²) in [5.74, 6) is 0.815. The number of hydrogen-bond acceptors (Lipinski definition) is 4. The maximum Gasteiger partial charge on any atom is 0.138 e. The Morgan fingerprint density at radius 1 is 1.00 bits per heavy atom. The number of hydrogen-bond donors (Lipinski definition) is 2. The third-order valence-electron chi connectivity index (χ3n) is 3.47. The van der Waals surface area contributed by atoms with Crippen LogP contribution in [0.4, 0.5) is 22.9 Å². The summed E-state index contributed by atoms with van der Waals surface area (Å²) in [4.78, 5) is 6.51. The summed E-state index contributed by atoms with van der Waals surface area (Å²) in [6.45, 7) is 0. The second-order valence-corrected chi connectivity index (χ2v) is 5.17. The normalized spacial score (nSPS) is 10.6. The Hall–Kier alpha value is -2.75. The lowest BCUT2D eigenvalue weighted by atomic mass is 10.1. The second-order valence-electron chi connectivity index (χ2n) is 5.17. The highest BCUT2D eigenvalue weighted by molar-refractivity contribution is 6.00. The van der Waals surface area contributed by atoms with Crippen LogP contribution in [0.25, 0.3) is 10.8 Å². The van der Waals surface area contributed by atoms with Crippen LogP contribution in [0, 0.1) is 0 Å². The van der Waals surface area contributed by atoms with Gasteiger partial charge in [0, 0.05) is 48.1 Å². The van der Waals surface area contributed by atoms with Crippen LogP contribution in [0.3, 0.4) is 0 Å². The largest absolute Gasteiger partial charge is 0.398 e. The van der Waals surface area contributed by atoms with Crippen LogP contribution in [0.1, 0.15) is 0 Å². The van der Waals surface area contributed by atoms with Gasteiger partial charge in [-0.05, 0) is 30.3 Å². The molecule has 0 saturated carbocycles. The van der Waals surface area contributed by atoms with E-state index < -0.39 is 0 Å².